The Balaban J connectivity index is 1.57. The third kappa shape index (κ3) is 2.25. The second kappa shape index (κ2) is 5.35. The number of hydrogen-bond donors (Lipinski definition) is 0. The minimum atomic E-state index is -0.0252. The van der Waals surface area contributed by atoms with Gasteiger partial charge in [-0.2, -0.15) is 5.10 Å². The Labute approximate surface area is 130 Å². The number of aromatic nitrogens is 2. The summed E-state index contributed by atoms with van der Waals surface area (Å²) in [5.41, 5.74) is 1.71. The Kier molecular flexibility index (Phi) is 3.46. The standard InChI is InChI=1S/C16H23N3O3/c1-12-14(10-17-19(12)13-2-7-21-8-3-13)15(20)18-6-9-22-11-16(18)4-5-16/h10,13H,2-9,11H2,1H3. The molecule has 1 spiro atoms. The van der Waals surface area contributed by atoms with Gasteiger partial charge in [0.15, 0.2) is 0 Å². The zero-order valence-electron chi connectivity index (χ0n) is 13.1. The van der Waals surface area contributed by atoms with Crippen LogP contribution in [0.1, 0.15) is 47.8 Å². The molecule has 120 valence electrons. The maximum Gasteiger partial charge on any atom is 0.257 e. The highest BCUT2D eigenvalue weighted by Gasteiger charge is 2.52. The van der Waals surface area contributed by atoms with Crippen molar-refractivity contribution in [2.75, 3.05) is 33.0 Å². The van der Waals surface area contributed by atoms with Crippen molar-refractivity contribution in [2.45, 2.75) is 44.2 Å². The quantitative estimate of drug-likeness (QED) is 0.832. The lowest BCUT2D eigenvalue weighted by Crippen LogP contribution is -2.50. The van der Waals surface area contributed by atoms with Crippen LogP contribution in [-0.4, -0.2) is 59.1 Å². The van der Waals surface area contributed by atoms with Crippen LogP contribution < -0.4 is 0 Å². The van der Waals surface area contributed by atoms with E-state index < -0.39 is 0 Å². The fourth-order valence-corrected chi connectivity index (χ4v) is 3.69. The van der Waals surface area contributed by atoms with Crippen LogP contribution in [-0.2, 0) is 9.47 Å². The zero-order valence-corrected chi connectivity index (χ0v) is 13.1. The van der Waals surface area contributed by atoms with Crippen LogP contribution >= 0.6 is 0 Å². The van der Waals surface area contributed by atoms with Gasteiger partial charge in [-0.1, -0.05) is 0 Å². The molecule has 6 nitrogen and oxygen atoms in total. The highest BCUT2D eigenvalue weighted by molar-refractivity contribution is 5.96. The fraction of sp³-hybridized carbons (Fsp3) is 0.750. The Hall–Kier alpha value is -1.40. The Morgan fingerprint density at radius 3 is 2.77 bits per heavy atom. The number of carbonyl (C=O) groups is 1. The second-order valence-corrected chi connectivity index (χ2v) is 6.67. The average Bonchev–Trinajstić information content (AvgIpc) is 3.20. The molecule has 1 aliphatic carbocycles. The average molecular weight is 305 g/mol. The van der Waals surface area contributed by atoms with Gasteiger partial charge in [0, 0.05) is 25.5 Å². The van der Waals surface area contributed by atoms with Gasteiger partial charge in [0.2, 0.25) is 0 Å². The fourth-order valence-electron chi connectivity index (χ4n) is 3.69. The van der Waals surface area contributed by atoms with Gasteiger partial charge < -0.3 is 14.4 Å². The number of carbonyl (C=O) groups excluding carboxylic acids is 1. The predicted octanol–water partition coefficient (Wildman–Crippen LogP) is 1.55. The molecular weight excluding hydrogens is 282 g/mol. The first-order valence-electron chi connectivity index (χ1n) is 8.23. The minimum Gasteiger partial charge on any atom is -0.381 e. The van der Waals surface area contributed by atoms with Crippen LogP contribution in [0.2, 0.25) is 0 Å². The van der Waals surface area contributed by atoms with Crippen LogP contribution in [0.25, 0.3) is 0 Å². The van der Waals surface area contributed by atoms with E-state index in [-0.39, 0.29) is 11.4 Å². The van der Waals surface area contributed by atoms with Gasteiger partial charge in [0.1, 0.15) is 0 Å². The molecule has 6 heteroatoms. The molecule has 3 aliphatic rings. The third-order valence-electron chi connectivity index (χ3n) is 5.29. The monoisotopic (exact) mass is 305 g/mol. The number of rotatable bonds is 2. The number of hydrogen-bond acceptors (Lipinski definition) is 4. The Morgan fingerprint density at radius 2 is 2.05 bits per heavy atom. The van der Waals surface area contributed by atoms with Crippen molar-refractivity contribution in [2.24, 2.45) is 0 Å². The first kappa shape index (κ1) is 14.2. The molecule has 1 aromatic heterocycles. The molecule has 4 rings (SSSR count). The molecule has 3 heterocycles. The SMILES string of the molecule is Cc1c(C(=O)N2CCOCC23CC3)cnn1C1CCOCC1. The van der Waals surface area contributed by atoms with Crippen molar-refractivity contribution in [3.63, 3.8) is 0 Å². The molecule has 0 aromatic carbocycles. The van der Waals surface area contributed by atoms with E-state index in [1.54, 1.807) is 6.20 Å². The van der Waals surface area contributed by atoms with Crippen molar-refractivity contribution in [3.8, 4) is 0 Å². The molecule has 0 N–H and O–H groups in total. The largest absolute Gasteiger partial charge is 0.381 e. The summed E-state index contributed by atoms with van der Waals surface area (Å²) in [6.45, 7) is 5.59. The van der Waals surface area contributed by atoms with Crippen molar-refractivity contribution in [1.29, 1.82) is 0 Å². The molecule has 1 amide bonds. The van der Waals surface area contributed by atoms with Crippen molar-refractivity contribution in [3.05, 3.63) is 17.5 Å². The molecule has 2 saturated heterocycles. The van der Waals surface area contributed by atoms with E-state index in [1.807, 2.05) is 16.5 Å². The van der Waals surface area contributed by atoms with Crippen LogP contribution in [0.5, 0.6) is 0 Å². The third-order valence-corrected chi connectivity index (χ3v) is 5.29. The summed E-state index contributed by atoms with van der Waals surface area (Å²) < 4.78 is 13.0. The molecule has 0 unspecified atom stereocenters. The van der Waals surface area contributed by atoms with E-state index in [9.17, 15) is 4.79 Å². The van der Waals surface area contributed by atoms with Gasteiger partial charge in [0.25, 0.3) is 5.91 Å². The summed E-state index contributed by atoms with van der Waals surface area (Å²) >= 11 is 0. The van der Waals surface area contributed by atoms with Gasteiger partial charge in [-0.15, -0.1) is 0 Å². The lowest BCUT2D eigenvalue weighted by Gasteiger charge is -2.36. The lowest BCUT2D eigenvalue weighted by atomic mass is 10.1. The van der Waals surface area contributed by atoms with E-state index in [0.717, 1.165) is 50.2 Å². The van der Waals surface area contributed by atoms with Gasteiger partial charge in [-0.25, -0.2) is 0 Å². The number of morpholine rings is 1. The summed E-state index contributed by atoms with van der Waals surface area (Å²) in [5.74, 6) is 0.122. The van der Waals surface area contributed by atoms with Gasteiger partial charge >= 0.3 is 0 Å². The molecular formula is C16H23N3O3. The lowest BCUT2D eigenvalue weighted by molar-refractivity contribution is -0.0118. The Bertz CT molecular complexity index is 573. The van der Waals surface area contributed by atoms with Gasteiger partial charge in [-0.05, 0) is 32.6 Å². The molecule has 1 saturated carbocycles. The normalized spacial score (nSPS) is 24.7. The zero-order chi connectivity index (χ0) is 15.2. The first-order valence-corrected chi connectivity index (χ1v) is 8.23. The first-order chi connectivity index (χ1) is 10.7. The molecule has 0 bridgehead atoms. The van der Waals surface area contributed by atoms with Crippen LogP contribution in [0.15, 0.2) is 6.20 Å². The topological polar surface area (TPSA) is 56.6 Å². The van der Waals surface area contributed by atoms with Crippen molar-refractivity contribution in [1.82, 2.24) is 14.7 Å². The van der Waals surface area contributed by atoms with E-state index in [4.69, 9.17) is 9.47 Å². The van der Waals surface area contributed by atoms with Crippen molar-refractivity contribution < 1.29 is 14.3 Å². The van der Waals surface area contributed by atoms with Gasteiger partial charge in [-0.3, -0.25) is 9.48 Å². The predicted molar refractivity (Wildman–Crippen MR) is 79.9 cm³/mol. The van der Waals surface area contributed by atoms with E-state index in [0.29, 0.717) is 25.8 Å². The maximum absolute atomic E-state index is 13.0. The minimum absolute atomic E-state index is 0.0252. The molecule has 0 atom stereocenters. The summed E-state index contributed by atoms with van der Waals surface area (Å²) in [6.07, 6.45) is 5.81. The van der Waals surface area contributed by atoms with Crippen LogP contribution in [0.4, 0.5) is 0 Å². The van der Waals surface area contributed by atoms with Gasteiger partial charge in [0.05, 0.1) is 36.6 Å². The highest BCUT2D eigenvalue weighted by Crippen LogP contribution is 2.44. The van der Waals surface area contributed by atoms with E-state index in [2.05, 4.69) is 5.10 Å². The summed E-state index contributed by atoms with van der Waals surface area (Å²) in [6, 6.07) is 0.356. The summed E-state index contributed by atoms with van der Waals surface area (Å²) in [5, 5.41) is 4.51. The number of amides is 1. The van der Waals surface area contributed by atoms with E-state index >= 15 is 0 Å². The van der Waals surface area contributed by atoms with Crippen LogP contribution in [0.3, 0.4) is 0 Å². The highest BCUT2D eigenvalue weighted by atomic mass is 16.5. The number of nitrogens with zero attached hydrogens (tertiary/aromatic N) is 3. The molecule has 0 radical (unpaired) electrons. The summed E-state index contributed by atoms with van der Waals surface area (Å²) in [7, 11) is 0. The Morgan fingerprint density at radius 1 is 1.27 bits per heavy atom. The molecule has 2 aliphatic heterocycles. The van der Waals surface area contributed by atoms with Crippen LogP contribution in [0, 0.1) is 6.92 Å². The smallest absolute Gasteiger partial charge is 0.257 e. The summed E-state index contributed by atoms with van der Waals surface area (Å²) in [4.78, 5) is 15.0. The second-order valence-electron chi connectivity index (χ2n) is 6.67. The van der Waals surface area contributed by atoms with Crippen molar-refractivity contribution >= 4 is 5.91 Å². The molecule has 3 fully saturated rings. The molecule has 1 aromatic rings. The number of ether oxygens (including phenoxy) is 2. The maximum atomic E-state index is 13.0. The molecule has 22 heavy (non-hydrogen) atoms. The van der Waals surface area contributed by atoms with E-state index in [1.165, 1.54) is 0 Å².